The van der Waals surface area contributed by atoms with E-state index in [0.29, 0.717) is 39.4 Å². The highest BCUT2D eigenvalue weighted by Gasteiger charge is 2.09. The standard InChI is InChI=1S/C26H18ClN3O3/c1-16-4-5-18(15-21(16)27)23-12-10-20(32-23)11-13-24(31)29-19-8-6-17(7-9-19)25-30-22-3-2-14-28-26(22)33-25/h2-15H,1H3,(H,29,31)/b13-11+. The number of rotatable bonds is 5. The van der Waals surface area contributed by atoms with Gasteiger partial charge in [-0.2, -0.15) is 0 Å². The van der Waals surface area contributed by atoms with E-state index < -0.39 is 0 Å². The summed E-state index contributed by atoms with van der Waals surface area (Å²) in [5.41, 5.74) is 4.51. The van der Waals surface area contributed by atoms with Crippen molar-refractivity contribution >= 4 is 40.5 Å². The molecule has 0 saturated heterocycles. The van der Waals surface area contributed by atoms with Gasteiger partial charge < -0.3 is 14.2 Å². The Morgan fingerprint density at radius 1 is 1.00 bits per heavy atom. The van der Waals surface area contributed by atoms with Crippen LogP contribution in [0.2, 0.25) is 5.02 Å². The zero-order valence-electron chi connectivity index (χ0n) is 17.6. The van der Waals surface area contributed by atoms with Gasteiger partial charge in [0, 0.05) is 34.1 Å². The molecule has 0 radical (unpaired) electrons. The van der Waals surface area contributed by atoms with Crippen molar-refractivity contribution in [3.05, 3.63) is 95.3 Å². The van der Waals surface area contributed by atoms with E-state index in [0.717, 1.165) is 16.7 Å². The predicted molar refractivity (Wildman–Crippen MR) is 129 cm³/mol. The zero-order valence-corrected chi connectivity index (χ0v) is 18.3. The van der Waals surface area contributed by atoms with Crippen molar-refractivity contribution in [2.24, 2.45) is 0 Å². The summed E-state index contributed by atoms with van der Waals surface area (Å²) < 4.78 is 11.5. The van der Waals surface area contributed by atoms with Gasteiger partial charge in [0.1, 0.15) is 17.0 Å². The molecular weight excluding hydrogens is 438 g/mol. The molecule has 0 aliphatic carbocycles. The molecule has 0 spiro atoms. The average molecular weight is 456 g/mol. The molecule has 0 unspecified atom stereocenters. The van der Waals surface area contributed by atoms with Crippen LogP contribution >= 0.6 is 11.6 Å². The number of benzene rings is 2. The molecular formula is C26H18ClN3O3. The smallest absolute Gasteiger partial charge is 0.248 e. The number of hydrogen-bond acceptors (Lipinski definition) is 5. The molecule has 6 nitrogen and oxygen atoms in total. The third-order valence-electron chi connectivity index (χ3n) is 5.05. The summed E-state index contributed by atoms with van der Waals surface area (Å²) in [6.45, 7) is 1.95. The van der Waals surface area contributed by atoms with Crippen LogP contribution in [0.25, 0.3) is 40.1 Å². The van der Waals surface area contributed by atoms with Gasteiger partial charge in [-0.25, -0.2) is 9.97 Å². The van der Waals surface area contributed by atoms with Gasteiger partial charge in [-0.1, -0.05) is 23.7 Å². The average Bonchev–Trinajstić information content (AvgIpc) is 3.47. The largest absolute Gasteiger partial charge is 0.457 e. The molecule has 0 saturated carbocycles. The highest BCUT2D eigenvalue weighted by Crippen LogP contribution is 2.27. The Balaban J connectivity index is 1.23. The number of amides is 1. The fourth-order valence-electron chi connectivity index (χ4n) is 3.27. The van der Waals surface area contributed by atoms with E-state index in [-0.39, 0.29) is 5.91 Å². The first-order chi connectivity index (χ1) is 16.0. The Morgan fingerprint density at radius 3 is 2.61 bits per heavy atom. The number of aromatic nitrogens is 2. The van der Waals surface area contributed by atoms with E-state index in [2.05, 4.69) is 15.3 Å². The third kappa shape index (κ3) is 4.56. The van der Waals surface area contributed by atoms with Crippen LogP contribution in [0.5, 0.6) is 0 Å². The normalized spacial score (nSPS) is 11.3. The van der Waals surface area contributed by atoms with E-state index in [1.165, 1.54) is 6.08 Å². The maximum atomic E-state index is 12.3. The Hall–Kier alpha value is -4.16. The number of nitrogens with zero attached hydrogens (tertiary/aromatic N) is 2. The lowest BCUT2D eigenvalue weighted by Gasteiger charge is -2.02. The van der Waals surface area contributed by atoms with Crippen molar-refractivity contribution in [3.63, 3.8) is 0 Å². The Kier molecular flexibility index (Phi) is 5.50. The molecule has 162 valence electrons. The van der Waals surface area contributed by atoms with Gasteiger partial charge in [0.05, 0.1) is 0 Å². The molecule has 33 heavy (non-hydrogen) atoms. The number of hydrogen-bond donors (Lipinski definition) is 1. The van der Waals surface area contributed by atoms with E-state index in [9.17, 15) is 4.79 Å². The molecule has 5 aromatic rings. The summed E-state index contributed by atoms with van der Waals surface area (Å²) in [6.07, 6.45) is 4.70. The number of furan rings is 1. The Labute approximate surface area is 194 Å². The first-order valence-corrected chi connectivity index (χ1v) is 10.6. The van der Waals surface area contributed by atoms with Crippen LogP contribution < -0.4 is 5.32 Å². The summed E-state index contributed by atoms with van der Waals surface area (Å²) in [5.74, 6) is 1.45. The van der Waals surface area contributed by atoms with Crippen molar-refractivity contribution < 1.29 is 13.6 Å². The van der Waals surface area contributed by atoms with Crippen molar-refractivity contribution in [2.75, 3.05) is 5.32 Å². The highest BCUT2D eigenvalue weighted by atomic mass is 35.5. The van der Waals surface area contributed by atoms with Crippen molar-refractivity contribution in [3.8, 4) is 22.8 Å². The molecule has 7 heteroatoms. The molecule has 0 bridgehead atoms. The third-order valence-corrected chi connectivity index (χ3v) is 5.46. The quantitative estimate of drug-likeness (QED) is 0.296. The molecule has 1 N–H and O–H groups in total. The van der Waals surface area contributed by atoms with E-state index in [4.69, 9.17) is 20.4 Å². The SMILES string of the molecule is Cc1ccc(-c2ccc(/C=C/C(=O)Nc3ccc(-c4nc5cccnc5o4)cc3)o2)cc1Cl. The minimum atomic E-state index is -0.273. The molecule has 1 amide bonds. The van der Waals surface area contributed by atoms with E-state index in [1.54, 1.807) is 30.5 Å². The van der Waals surface area contributed by atoms with Crippen molar-refractivity contribution in [2.45, 2.75) is 6.92 Å². The fraction of sp³-hybridized carbons (Fsp3) is 0.0385. The monoisotopic (exact) mass is 455 g/mol. The number of anilines is 1. The molecule has 0 fully saturated rings. The number of nitrogens with one attached hydrogen (secondary N) is 1. The number of aryl methyl sites for hydroxylation is 1. The maximum Gasteiger partial charge on any atom is 0.248 e. The number of carbonyl (C=O) groups is 1. The molecule has 3 aromatic heterocycles. The van der Waals surface area contributed by atoms with E-state index in [1.807, 2.05) is 55.5 Å². The molecule has 5 rings (SSSR count). The van der Waals surface area contributed by atoms with Crippen LogP contribution in [0, 0.1) is 6.92 Å². The lowest BCUT2D eigenvalue weighted by Crippen LogP contribution is -2.07. The number of halogens is 1. The second-order valence-corrected chi connectivity index (χ2v) is 7.82. The minimum absolute atomic E-state index is 0.273. The summed E-state index contributed by atoms with van der Waals surface area (Å²) in [5, 5.41) is 3.50. The second-order valence-electron chi connectivity index (χ2n) is 7.41. The van der Waals surface area contributed by atoms with Gasteiger partial charge in [0.15, 0.2) is 0 Å². The van der Waals surface area contributed by atoms with E-state index >= 15 is 0 Å². The lowest BCUT2D eigenvalue weighted by molar-refractivity contribution is -0.111. The van der Waals surface area contributed by atoms with Crippen molar-refractivity contribution in [1.82, 2.24) is 9.97 Å². The maximum absolute atomic E-state index is 12.3. The second kappa shape index (κ2) is 8.76. The summed E-state index contributed by atoms with van der Waals surface area (Å²) in [4.78, 5) is 20.9. The Bertz CT molecular complexity index is 1450. The van der Waals surface area contributed by atoms with Crippen LogP contribution in [-0.4, -0.2) is 15.9 Å². The molecule has 0 aliphatic heterocycles. The number of carbonyl (C=O) groups excluding carboxylic acids is 1. The lowest BCUT2D eigenvalue weighted by atomic mass is 10.1. The summed E-state index contributed by atoms with van der Waals surface area (Å²) in [6, 6.07) is 20.3. The van der Waals surface area contributed by atoms with Gasteiger partial charge in [0.2, 0.25) is 17.5 Å². The first kappa shape index (κ1) is 20.7. The van der Waals surface area contributed by atoms with Crippen LogP contribution in [0.15, 0.2) is 87.8 Å². The molecule has 3 heterocycles. The van der Waals surface area contributed by atoms with Gasteiger partial charge >= 0.3 is 0 Å². The summed E-state index contributed by atoms with van der Waals surface area (Å²) >= 11 is 6.19. The van der Waals surface area contributed by atoms with Crippen LogP contribution in [-0.2, 0) is 4.79 Å². The first-order valence-electron chi connectivity index (χ1n) is 10.2. The predicted octanol–water partition coefficient (Wildman–Crippen LogP) is 6.76. The molecule has 2 aromatic carbocycles. The number of pyridine rings is 1. The van der Waals surface area contributed by atoms with Crippen LogP contribution in [0.4, 0.5) is 5.69 Å². The van der Waals surface area contributed by atoms with Gasteiger partial charge in [0.25, 0.3) is 0 Å². The van der Waals surface area contributed by atoms with Crippen molar-refractivity contribution in [1.29, 1.82) is 0 Å². The minimum Gasteiger partial charge on any atom is -0.457 e. The molecule has 0 aliphatic rings. The van der Waals surface area contributed by atoms with Gasteiger partial charge in [-0.15, -0.1) is 0 Å². The zero-order chi connectivity index (χ0) is 22.8. The Morgan fingerprint density at radius 2 is 1.82 bits per heavy atom. The topological polar surface area (TPSA) is 81.2 Å². The van der Waals surface area contributed by atoms with Gasteiger partial charge in [-0.3, -0.25) is 4.79 Å². The molecule has 0 atom stereocenters. The number of oxazole rings is 1. The summed E-state index contributed by atoms with van der Waals surface area (Å²) in [7, 11) is 0. The van der Waals surface area contributed by atoms with Crippen LogP contribution in [0.3, 0.4) is 0 Å². The number of fused-ring (bicyclic) bond motifs is 1. The highest BCUT2D eigenvalue weighted by molar-refractivity contribution is 6.31. The fourth-order valence-corrected chi connectivity index (χ4v) is 3.46. The van der Waals surface area contributed by atoms with Gasteiger partial charge in [-0.05, 0) is 73.2 Å². The van der Waals surface area contributed by atoms with Crippen LogP contribution in [0.1, 0.15) is 11.3 Å².